The predicted octanol–water partition coefficient (Wildman–Crippen LogP) is 6.38. The molecule has 0 aromatic rings. The summed E-state index contributed by atoms with van der Waals surface area (Å²) in [5, 5.41) is 22.4. The van der Waals surface area contributed by atoms with Crippen LogP contribution in [0.4, 0.5) is 0 Å². The maximum Gasteiger partial charge on any atom is 0.303 e. The molecule has 5 rings (SSSR count). The third kappa shape index (κ3) is 5.24. The fraction of sp³-hybridized carbons (Fsp3) is 0.324. The molecule has 8 nitrogen and oxygen atoms in total. The van der Waals surface area contributed by atoms with Gasteiger partial charge < -0.3 is 15.5 Å². The molecule has 5 heterocycles. The van der Waals surface area contributed by atoms with Crippen LogP contribution in [0.5, 0.6) is 0 Å². The minimum absolute atomic E-state index is 0.00408. The Morgan fingerprint density at radius 1 is 0.905 bits per heavy atom. The summed E-state index contributed by atoms with van der Waals surface area (Å²) in [5.41, 5.74) is 11.1. The predicted molar refractivity (Wildman–Crippen MR) is 166 cm³/mol. The summed E-state index contributed by atoms with van der Waals surface area (Å²) >= 11 is 0. The first-order valence-corrected chi connectivity index (χ1v) is 14.3. The first kappa shape index (κ1) is 28.9. The minimum atomic E-state index is -0.878. The van der Waals surface area contributed by atoms with Gasteiger partial charge in [-0.2, -0.15) is 0 Å². The zero-order valence-electron chi connectivity index (χ0n) is 24.5. The van der Waals surface area contributed by atoms with Crippen LogP contribution in [0.3, 0.4) is 0 Å². The van der Waals surface area contributed by atoms with E-state index in [2.05, 4.69) is 32.3 Å². The lowest BCUT2D eigenvalue weighted by atomic mass is 9.89. The fourth-order valence-electron chi connectivity index (χ4n) is 6.14. The number of nitrogens with one attached hydrogen (secondary N) is 1. The molecule has 0 aliphatic carbocycles. The van der Waals surface area contributed by atoms with Crippen LogP contribution in [0.25, 0.3) is 0 Å². The van der Waals surface area contributed by atoms with Gasteiger partial charge in [-0.25, -0.2) is 9.98 Å². The number of carboxylic acid groups (broad SMARTS) is 2. The lowest BCUT2D eigenvalue weighted by molar-refractivity contribution is -0.138. The standard InChI is InChI=1S/C34H36N4O4/c1-7-21-17(3)25-13-26-19(5)23(9-11-33(39)40)31(37-26)16-32-24(10-12-34(41)42)20(6)28(38-32)15-30-22(8-2)18(4)27(36-30)14-29(21)35-25/h7-8,13-17,20-21,38H,1-2,9-12H2,3-6H3,(H,39,40)(H,41,42)/t17-,20+,21-/m1/s1. The normalized spacial score (nSPS) is 24.9. The Hall–Kier alpha value is -4.59. The number of fused-ring (bicyclic) bond motifs is 5. The van der Waals surface area contributed by atoms with E-state index in [4.69, 9.17) is 15.0 Å². The van der Waals surface area contributed by atoms with Gasteiger partial charge >= 0.3 is 11.9 Å². The average Bonchev–Trinajstić information content (AvgIpc) is 3.59. The molecule has 3 N–H and O–H groups in total. The molecule has 3 atom stereocenters. The van der Waals surface area contributed by atoms with Crippen LogP contribution >= 0.6 is 0 Å². The number of hydrogen-bond acceptors (Lipinski definition) is 6. The number of carboxylic acids is 2. The van der Waals surface area contributed by atoms with Crippen LogP contribution < -0.4 is 5.32 Å². The van der Waals surface area contributed by atoms with Gasteiger partial charge in [0, 0.05) is 53.3 Å². The van der Waals surface area contributed by atoms with Crippen molar-refractivity contribution in [3.8, 4) is 0 Å². The SMILES string of the molecule is C=CC1=C(C)C2=CC3=NC(=CC4=NC(=CC5=C(CCC(=O)O)[C@H](C)C(=CC1=N2)N5)C(CCC(=O)O)=C4C)[C@H](C)[C@H]3C=C. The number of aliphatic imine (C=N–C) groups is 3. The molecule has 0 fully saturated rings. The van der Waals surface area contributed by atoms with Gasteiger partial charge in [-0.3, -0.25) is 14.6 Å². The van der Waals surface area contributed by atoms with Crippen molar-refractivity contribution in [3.63, 3.8) is 0 Å². The highest BCUT2D eigenvalue weighted by molar-refractivity contribution is 6.16. The van der Waals surface area contributed by atoms with E-state index in [9.17, 15) is 19.8 Å². The van der Waals surface area contributed by atoms with E-state index in [1.165, 1.54) is 0 Å². The maximum atomic E-state index is 11.5. The van der Waals surface area contributed by atoms with Gasteiger partial charge in [-0.1, -0.05) is 32.6 Å². The van der Waals surface area contributed by atoms with E-state index < -0.39 is 11.9 Å². The van der Waals surface area contributed by atoms with Gasteiger partial charge in [-0.15, -0.1) is 6.58 Å². The summed E-state index contributed by atoms with van der Waals surface area (Å²) in [5.74, 6) is -1.76. The van der Waals surface area contributed by atoms with Crippen LogP contribution in [0, 0.1) is 17.8 Å². The van der Waals surface area contributed by atoms with E-state index in [0.29, 0.717) is 18.5 Å². The largest absolute Gasteiger partial charge is 0.481 e. The van der Waals surface area contributed by atoms with Crippen molar-refractivity contribution >= 4 is 29.1 Å². The van der Waals surface area contributed by atoms with Gasteiger partial charge in [0.1, 0.15) is 0 Å². The Morgan fingerprint density at radius 3 is 2.26 bits per heavy atom. The smallest absolute Gasteiger partial charge is 0.303 e. The van der Waals surface area contributed by atoms with Crippen molar-refractivity contribution in [2.75, 3.05) is 0 Å². The first-order chi connectivity index (χ1) is 20.0. The van der Waals surface area contributed by atoms with Gasteiger partial charge in [0.25, 0.3) is 0 Å². The van der Waals surface area contributed by atoms with E-state index in [1.54, 1.807) is 0 Å². The third-order valence-electron chi connectivity index (χ3n) is 8.71. The van der Waals surface area contributed by atoms with Crippen LogP contribution in [0.15, 0.2) is 121 Å². The van der Waals surface area contributed by atoms with Crippen molar-refractivity contribution in [1.82, 2.24) is 5.32 Å². The summed E-state index contributed by atoms with van der Waals surface area (Å²) < 4.78 is 0. The Labute approximate surface area is 246 Å². The molecular formula is C34H36N4O4. The van der Waals surface area contributed by atoms with Gasteiger partial charge in [0.2, 0.25) is 0 Å². The molecule has 0 saturated carbocycles. The van der Waals surface area contributed by atoms with Crippen LogP contribution in [-0.4, -0.2) is 39.3 Å². The zero-order chi connectivity index (χ0) is 30.3. The Morgan fingerprint density at radius 2 is 1.60 bits per heavy atom. The lowest BCUT2D eigenvalue weighted by Crippen LogP contribution is -2.12. The molecular weight excluding hydrogens is 528 g/mol. The molecule has 0 saturated heterocycles. The molecule has 0 unspecified atom stereocenters. The average molecular weight is 565 g/mol. The summed E-state index contributed by atoms with van der Waals surface area (Å²) in [6, 6.07) is 0. The molecule has 0 spiro atoms. The van der Waals surface area contributed by atoms with Crippen LogP contribution in [0.2, 0.25) is 0 Å². The summed E-state index contributed by atoms with van der Waals surface area (Å²) in [4.78, 5) is 38.0. The van der Waals surface area contributed by atoms with E-state index in [-0.39, 0.29) is 30.6 Å². The quantitative estimate of drug-likeness (QED) is 0.295. The van der Waals surface area contributed by atoms with Crippen molar-refractivity contribution in [2.45, 2.75) is 53.4 Å². The topological polar surface area (TPSA) is 124 Å². The molecule has 0 aromatic heterocycles. The highest BCUT2D eigenvalue weighted by Crippen LogP contribution is 2.40. The Bertz CT molecular complexity index is 1630. The second-order valence-corrected chi connectivity index (χ2v) is 11.2. The molecule has 42 heavy (non-hydrogen) atoms. The second-order valence-electron chi connectivity index (χ2n) is 11.2. The van der Waals surface area contributed by atoms with Crippen LogP contribution in [0.1, 0.15) is 53.4 Å². The first-order valence-electron chi connectivity index (χ1n) is 14.3. The molecule has 0 amide bonds. The molecule has 216 valence electrons. The van der Waals surface area contributed by atoms with Crippen molar-refractivity contribution in [2.24, 2.45) is 32.7 Å². The molecule has 8 heteroatoms. The summed E-state index contributed by atoms with van der Waals surface area (Å²) in [6.07, 6.45) is 12.4. The van der Waals surface area contributed by atoms with Gasteiger partial charge in [0.05, 0.1) is 28.5 Å². The molecule has 5 aliphatic rings. The maximum absolute atomic E-state index is 11.5. The number of hydrogen-bond donors (Lipinski definition) is 3. The van der Waals surface area contributed by atoms with Crippen molar-refractivity contribution < 1.29 is 19.8 Å². The van der Waals surface area contributed by atoms with E-state index >= 15 is 0 Å². The molecule has 5 aliphatic heterocycles. The van der Waals surface area contributed by atoms with Crippen LogP contribution in [-0.2, 0) is 9.59 Å². The van der Waals surface area contributed by atoms with Gasteiger partial charge in [-0.05, 0) is 73.3 Å². The number of nitrogens with zero attached hydrogens (tertiary/aromatic N) is 3. The highest BCUT2D eigenvalue weighted by atomic mass is 16.4. The number of aliphatic carboxylic acids is 2. The number of allylic oxidation sites excluding steroid dienone is 12. The molecule has 0 radical (unpaired) electrons. The summed E-state index contributed by atoms with van der Waals surface area (Å²) in [7, 11) is 0. The van der Waals surface area contributed by atoms with E-state index in [1.807, 2.05) is 50.3 Å². The third-order valence-corrected chi connectivity index (χ3v) is 8.71. The van der Waals surface area contributed by atoms with Crippen molar-refractivity contribution in [1.29, 1.82) is 0 Å². The fourth-order valence-corrected chi connectivity index (χ4v) is 6.14. The molecule has 0 aromatic carbocycles. The van der Waals surface area contributed by atoms with E-state index in [0.717, 1.165) is 67.8 Å². The monoisotopic (exact) mass is 564 g/mol. The summed E-state index contributed by atoms with van der Waals surface area (Å²) in [6.45, 7) is 16.3. The Balaban J connectivity index is 1.75. The van der Waals surface area contributed by atoms with Crippen molar-refractivity contribution in [3.05, 3.63) is 106 Å². The zero-order valence-corrected chi connectivity index (χ0v) is 24.5. The second kappa shape index (κ2) is 11.4. The lowest BCUT2D eigenvalue weighted by Gasteiger charge is -2.12. The number of rotatable bonds is 8. The Kier molecular flexibility index (Phi) is 7.82. The molecule has 8 bridgehead atoms. The highest BCUT2D eigenvalue weighted by Gasteiger charge is 2.33. The van der Waals surface area contributed by atoms with Gasteiger partial charge in [0.15, 0.2) is 0 Å². The minimum Gasteiger partial charge on any atom is -0.481 e. The number of carbonyl (C=O) groups is 2.